The van der Waals surface area contributed by atoms with E-state index in [2.05, 4.69) is 16.7 Å². The van der Waals surface area contributed by atoms with Crippen LogP contribution in [0.1, 0.15) is 36.0 Å². The predicted octanol–water partition coefficient (Wildman–Crippen LogP) is 3.99. The average molecular weight is 352 g/mol. The van der Waals surface area contributed by atoms with Crippen molar-refractivity contribution in [3.8, 4) is 5.75 Å². The summed E-state index contributed by atoms with van der Waals surface area (Å²) in [5.74, 6) is 0.824. The van der Waals surface area contributed by atoms with Crippen molar-refractivity contribution in [1.82, 2.24) is 0 Å². The molecular formula is C21H24N2O3. The molecule has 5 heteroatoms. The smallest absolute Gasteiger partial charge is 0.224 e. The van der Waals surface area contributed by atoms with E-state index < -0.39 is 0 Å². The number of carbonyl (C=O) groups is 2. The standard InChI is InChI=1S/C21H24N2O3/c1-14-5-8-18(15(2)12-14)22-20(24)4-3-11-26-17-7-9-19-16(13-17)6-10-21(25)23-19/h5,7-9,12-13H,3-4,6,10-11H2,1-2H3,(H,22,24)(H,23,25). The lowest BCUT2D eigenvalue weighted by Crippen LogP contribution is -2.18. The van der Waals surface area contributed by atoms with Crippen molar-refractivity contribution in [3.63, 3.8) is 0 Å². The highest BCUT2D eigenvalue weighted by atomic mass is 16.5. The summed E-state index contributed by atoms with van der Waals surface area (Å²) in [6, 6.07) is 11.7. The minimum atomic E-state index is -0.00583. The Kier molecular flexibility index (Phi) is 5.56. The van der Waals surface area contributed by atoms with E-state index in [-0.39, 0.29) is 11.8 Å². The Morgan fingerprint density at radius 1 is 1.15 bits per heavy atom. The van der Waals surface area contributed by atoms with Crippen molar-refractivity contribution in [3.05, 3.63) is 53.1 Å². The number of carbonyl (C=O) groups excluding carboxylic acids is 2. The van der Waals surface area contributed by atoms with E-state index >= 15 is 0 Å². The summed E-state index contributed by atoms with van der Waals surface area (Å²) >= 11 is 0. The molecule has 1 aliphatic heterocycles. The predicted molar refractivity (Wildman–Crippen MR) is 103 cm³/mol. The van der Waals surface area contributed by atoms with Gasteiger partial charge in [0.15, 0.2) is 0 Å². The van der Waals surface area contributed by atoms with Gasteiger partial charge < -0.3 is 15.4 Å². The van der Waals surface area contributed by atoms with E-state index in [4.69, 9.17) is 4.74 Å². The monoisotopic (exact) mass is 352 g/mol. The zero-order chi connectivity index (χ0) is 18.5. The van der Waals surface area contributed by atoms with Gasteiger partial charge in [-0.25, -0.2) is 0 Å². The highest BCUT2D eigenvalue weighted by Gasteiger charge is 2.15. The normalized spacial score (nSPS) is 12.9. The second kappa shape index (κ2) is 8.04. The van der Waals surface area contributed by atoms with Crippen LogP contribution in [-0.4, -0.2) is 18.4 Å². The largest absolute Gasteiger partial charge is 0.494 e. The lowest BCUT2D eigenvalue weighted by atomic mass is 10.0. The molecular weight excluding hydrogens is 328 g/mol. The Bertz CT molecular complexity index is 830. The first kappa shape index (κ1) is 18.0. The van der Waals surface area contributed by atoms with Crippen LogP contribution in [0.2, 0.25) is 0 Å². The van der Waals surface area contributed by atoms with E-state index in [1.54, 1.807) is 0 Å². The van der Waals surface area contributed by atoms with Crippen molar-refractivity contribution in [2.45, 2.75) is 39.5 Å². The number of amides is 2. The Morgan fingerprint density at radius 2 is 2.00 bits per heavy atom. The Morgan fingerprint density at radius 3 is 2.81 bits per heavy atom. The van der Waals surface area contributed by atoms with Gasteiger partial charge in [0.1, 0.15) is 5.75 Å². The number of anilines is 2. The molecule has 0 saturated heterocycles. The first-order chi connectivity index (χ1) is 12.5. The molecule has 1 aliphatic rings. The Labute approximate surface area is 153 Å². The first-order valence-electron chi connectivity index (χ1n) is 8.94. The van der Waals surface area contributed by atoms with Crippen LogP contribution in [0.25, 0.3) is 0 Å². The summed E-state index contributed by atoms with van der Waals surface area (Å²) in [6.45, 7) is 4.50. The second-order valence-electron chi connectivity index (χ2n) is 6.69. The SMILES string of the molecule is Cc1ccc(NC(=O)CCCOc2ccc3c(c2)CCC(=O)N3)c(C)c1. The van der Waals surface area contributed by atoms with Crippen LogP contribution in [-0.2, 0) is 16.0 Å². The molecule has 0 aromatic heterocycles. The number of aryl methyl sites for hydroxylation is 3. The highest BCUT2D eigenvalue weighted by molar-refractivity contribution is 5.94. The van der Waals surface area contributed by atoms with Crippen LogP contribution < -0.4 is 15.4 Å². The van der Waals surface area contributed by atoms with E-state index in [1.165, 1.54) is 5.56 Å². The summed E-state index contributed by atoms with van der Waals surface area (Å²) < 4.78 is 5.75. The molecule has 1 heterocycles. The Hall–Kier alpha value is -2.82. The summed E-state index contributed by atoms with van der Waals surface area (Å²) in [7, 11) is 0. The molecule has 2 N–H and O–H groups in total. The third-order valence-electron chi connectivity index (χ3n) is 4.45. The van der Waals surface area contributed by atoms with Crippen molar-refractivity contribution in [2.24, 2.45) is 0 Å². The molecule has 2 aromatic rings. The molecule has 3 rings (SSSR count). The molecule has 0 atom stereocenters. The summed E-state index contributed by atoms with van der Waals surface area (Å²) in [5.41, 5.74) is 5.06. The molecule has 0 radical (unpaired) electrons. The molecule has 2 aromatic carbocycles. The quantitative estimate of drug-likeness (QED) is 0.773. The number of benzene rings is 2. The maximum absolute atomic E-state index is 12.1. The van der Waals surface area contributed by atoms with Gasteiger partial charge >= 0.3 is 0 Å². The maximum Gasteiger partial charge on any atom is 0.224 e. The maximum atomic E-state index is 12.1. The Balaban J connectivity index is 1.44. The third-order valence-corrected chi connectivity index (χ3v) is 4.45. The molecule has 0 bridgehead atoms. The van der Waals surface area contributed by atoms with Gasteiger partial charge in [0.2, 0.25) is 11.8 Å². The van der Waals surface area contributed by atoms with Gasteiger partial charge in [-0.3, -0.25) is 9.59 Å². The lowest BCUT2D eigenvalue weighted by Gasteiger charge is -2.17. The van der Waals surface area contributed by atoms with E-state index in [0.29, 0.717) is 25.9 Å². The van der Waals surface area contributed by atoms with Gasteiger partial charge in [-0.05, 0) is 62.1 Å². The average Bonchev–Trinajstić information content (AvgIpc) is 2.61. The van der Waals surface area contributed by atoms with E-state index in [0.717, 1.165) is 34.7 Å². The molecule has 26 heavy (non-hydrogen) atoms. The zero-order valence-electron chi connectivity index (χ0n) is 15.2. The molecule has 2 amide bonds. The van der Waals surface area contributed by atoms with Gasteiger partial charge in [-0.2, -0.15) is 0 Å². The number of ether oxygens (including phenoxy) is 1. The van der Waals surface area contributed by atoms with Crippen LogP contribution in [0.15, 0.2) is 36.4 Å². The second-order valence-corrected chi connectivity index (χ2v) is 6.69. The zero-order valence-corrected chi connectivity index (χ0v) is 15.2. The van der Waals surface area contributed by atoms with Crippen molar-refractivity contribution in [1.29, 1.82) is 0 Å². The molecule has 5 nitrogen and oxygen atoms in total. The summed E-state index contributed by atoms with van der Waals surface area (Å²) in [5, 5.41) is 5.80. The molecule has 0 fully saturated rings. The third kappa shape index (κ3) is 4.63. The van der Waals surface area contributed by atoms with Gasteiger partial charge in [-0.15, -0.1) is 0 Å². The van der Waals surface area contributed by atoms with E-state index in [9.17, 15) is 9.59 Å². The minimum Gasteiger partial charge on any atom is -0.494 e. The van der Waals surface area contributed by atoms with Crippen molar-refractivity contribution >= 4 is 23.2 Å². The van der Waals surface area contributed by atoms with Gasteiger partial charge in [0, 0.05) is 24.2 Å². The molecule has 0 unspecified atom stereocenters. The molecule has 0 spiro atoms. The fraction of sp³-hybridized carbons (Fsp3) is 0.333. The number of hydrogen-bond donors (Lipinski definition) is 2. The van der Waals surface area contributed by atoms with Crippen molar-refractivity contribution in [2.75, 3.05) is 17.2 Å². The van der Waals surface area contributed by atoms with Crippen LogP contribution in [0.5, 0.6) is 5.75 Å². The van der Waals surface area contributed by atoms with Crippen LogP contribution >= 0.6 is 0 Å². The fourth-order valence-electron chi connectivity index (χ4n) is 3.04. The van der Waals surface area contributed by atoms with Gasteiger partial charge in [0.05, 0.1) is 6.61 Å². The topological polar surface area (TPSA) is 67.4 Å². The van der Waals surface area contributed by atoms with Crippen molar-refractivity contribution < 1.29 is 14.3 Å². The van der Waals surface area contributed by atoms with Crippen LogP contribution in [0, 0.1) is 13.8 Å². The number of fused-ring (bicyclic) bond motifs is 1. The fourth-order valence-corrected chi connectivity index (χ4v) is 3.04. The molecule has 136 valence electrons. The lowest BCUT2D eigenvalue weighted by molar-refractivity contribution is -0.117. The first-order valence-corrected chi connectivity index (χ1v) is 8.94. The number of nitrogens with one attached hydrogen (secondary N) is 2. The summed E-state index contributed by atoms with van der Waals surface area (Å²) in [4.78, 5) is 23.5. The van der Waals surface area contributed by atoms with Gasteiger partial charge in [0.25, 0.3) is 0 Å². The number of hydrogen-bond acceptors (Lipinski definition) is 3. The molecule has 0 saturated carbocycles. The summed E-state index contributed by atoms with van der Waals surface area (Å²) in [6.07, 6.45) is 2.30. The minimum absolute atomic E-state index is 0.00583. The van der Waals surface area contributed by atoms with Crippen LogP contribution in [0.3, 0.4) is 0 Å². The number of rotatable bonds is 6. The molecule has 0 aliphatic carbocycles. The van der Waals surface area contributed by atoms with E-state index in [1.807, 2.05) is 44.2 Å². The van der Waals surface area contributed by atoms with Gasteiger partial charge in [-0.1, -0.05) is 17.7 Å². The van der Waals surface area contributed by atoms with Crippen LogP contribution in [0.4, 0.5) is 11.4 Å². The highest BCUT2D eigenvalue weighted by Crippen LogP contribution is 2.26.